The highest BCUT2D eigenvalue weighted by atomic mass is 16.7. The minimum absolute atomic E-state index is 0. The van der Waals surface area contributed by atoms with Gasteiger partial charge in [-0.25, -0.2) is 24.0 Å². The molecule has 0 radical (unpaired) electrons. The highest BCUT2D eigenvalue weighted by Gasteiger charge is 2.59. The Kier molecular flexibility index (Phi) is 47.1. The largest absolute Gasteiger partial charge is 0.477 e. The van der Waals surface area contributed by atoms with E-state index in [2.05, 4.69) is 21.3 Å². The van der Waals surface area contributed by atoms with Gasteiger partial charge in [0.05, 0.1) is 92.4 Å². The molecule has 45 heteroatoms. The second-order valence-corrected chi connectivity index (χ2v) is 30.9. The van der Waals surface area contributed by atoms with Gasteiger partial charge in [-0.05, 0) is 32.1 Å². The van der Waals surface area contributed by atoms with Crippen LogP contribution in [-0.2, 0) is 86.0 Å². The van der Waals surface area contributed by atoms with Crippen LogP contribution < -0.4 is 21.3 Å². The van der Waals surface area contributed by atoms with Crippen LogP contribution in [0, 0.1) is 41.4 Å². The Morgan fingerprint density at radius 3 is 0.842 bits per heavy atom. The van der Waals surface area contributed by atoms with E-state index in [-0.39, 0.29) is 98.3 Å². The Morgan fingerprint density at radius 1 is 0.350 bits per heavy atom. The van der Waals surface area contributed by atoms with Crippen LogP contribution >= 0.6 is 0 Å². The summed E-state index contributed by atoms with van der Waals surface area (Å²) in [4.78, 5) is 150. The molecule has 31 atom stereocenters. The average molecular weight is 1740 g/mol. The van der Waals surface area contributed by atoms with Gasteiger partial charge >= 0.3 is 29.8 Å². The molecule has 120 heavy (non-hydrogen) atoms. The van der Waals surface area contributed by atoms with Gasteiger partial charge in [-0.3, -0.25) is 38.4 Å². The quantitative estimate of drug-likeness (QED) is 0.0277. The predicted molar refractivity (Wildman–Crippen MR) is 406 cm³/mol. The summed E-state index contributed by atoms with van der Waals surface area (Å²) in [5, 5.41) is 233. The van der Waals surface area contributed by atoms with Crippen LogP contribution in [0.1, 0.15) is 187 Å². The highest BCUT2D eigenvalue weighted by molar-refractivity contribution is 5.84. The zero-order chi connectivity index (χ0) is 92.4. The average Bonchev–Trinajstić information content (AvgIpc) is 0.821. The molecule has 31 unspecified atom stereocenters. The molecule has 696 valence electrons. The van der Waals surface area contributed by atoms with E-state index in [1.165, 1.54) is 13.8 Å². The molecular weight excluding hydrogens is 1610 g/mol. The monoisotopic (exact) mass is 1740 g/mol. The van der Waals surface area contributed by atoms with Crippen LogP contribution in [0.3, 0.4) is 0 Å². The van der Waals surface area contributed by atoms with Crippen LogP contribution in [0.25, 0.3) is 0 Å². The zero-order valence-corrected chi connectivity index (χ0v) is 68.7. The number of hydrogen-bond acceptors (Lipinski definition) is 36. The van der Waals surface area contributed by atoms with Gasteiger partial charge in [0.25, 0.3) is 28.9 Å². The number of hydrogen-bond donors (Lipinski definition) is 27. The maximum atomic E-state index is 12.2. The molecule has 0 aromatic heterocycles. The van der Waals surface area contributed by atoms with Crippen molar-refractivity contribution in [3.8, 4) is 0 Å². The number of carbonyl (C=O) groups is 13. The molecule has 5 heterocycles. The highest BCUT2D eigenvalue weighted by Crippen LogP contribution is 2.40. The molecule has 0 aliphatic carbocycles. The molecule has 27 N–H and O–H groups in total. The number of rotatable bonds is 36. The third kappa shape index (κ3) is 32.3. The summed E-state index contributed by atoms with van der Waals surface area (Å²) in [6.07, 6.45) is -25.7. The van der Waals surface area contributed by atoms with Gasteiger partial charge in [0.1, 0.15) is 59.8 Å². The van der Waals surface area contributed by atoms with E-state index >= 15 is 0 Å². The molecular formula is C75H130N4O41. The SMILES string of the molecule is C.CCC(C)C(=O)CC1C(O)CC(O)(C(=O)O)OC1C(O)C(O)CO.CCC(C)C(=O)CC1C(O)CC(O)(C(=O)O)OC1C(O)C(O)CO.CCC(C)C(=O)CC1OC(O)(C(=O)O)CC(O)C1NC(C)=O.CCC(C)C(=O)CC1OC(O)(C(=O)O)CC(O)C1NC(C)=O.CCC(C)C(=O)NCC(O)C(O)C1OC(O)(C(=O)O)CC(O)C1NC(C)=O. The second kappa shape index (κ2) is 50.1. The number of carbonyl (C=O) groups excluding carboxylic acids is 8. The number of carboxylic acid groups (broad SMARTS) is 5. The van der Waals surface area contributed by atoms with Crippen molar-refractivity contribution in [2.45, 2.75) is 332 Å². The summed E-state index contributed by atoms with van der Waals surface area (Å²) in [6, 6.07) is -3.19. The van der Waals surface area contributed by atoms with Gasteiger partial charge in [-0.15, -0.1) is 0 Å². The van der Waals surface area contributed by atoms with Crippen molar-refractivity contribution in [3.05, 3.63) is 0 Å². The van der Waals surface area contributed by atoms with E-state index in [0.717, 1.165) is 6.92 Å². The van der Waals surface area contributed by atoms with Crippen molar-refractivity contribution in [1.29, 1.82) is 0 Å². The zero-order valence-electron chi connectivity index (χ0n) is 68.7. The van der Waals surface area contributed by atoms with Gasteiger partial charge in [0.15, 0.2) is 0 Å². The molecule has 0 aromatic carbocycles. The van der Waals surface area contributed by atoms with Gasteiger partial charge < -0.3 is 162 Å². The molecule has 0 saturated carbocycles. The number of aliphatic hydroxyl groups is 18. The van der Waals surface area contributed by atoms with Gasteiger partial charge in [-0.1, -0.05) is 76.7 Å². The molecule has 5 aliphatic rings. The normalized spacial score (nSPS) is 32.9. The van der Waals surface area contributed by atoms with E-state index in [4.69, 9.17) is 59.4 Å². The molecule has 4 amide bonds. The minimum Gasteiger partial charge on any atom is -0.477 e. The number of ether oxygens (including phenoxy) is 5. The molecule has 5 saturated heterocycles. The first-order valence-corrected chi connectivity index (χ1v) is 38.9. The number of ketones is 4. The summed E-state index contributed by atoms with van der Waals surface area (Å²) in [5.41, 5.74) is 0. The first-order valence-electron chi connectivity index (χ1n) is 38.9. The fourth-order valence-electron chi connectivity index (χ4n) is 12.9. The maximum absolute atomic E-state index is 12.2. The van der Waals surface area contributed by atoms with Crippen molar-refractivity contribution in [1.82, 2.24) is 21.3 Å². The number of Topliss-reactive ketones (excluding diaryl/α,β-unsaturated/α-hetero) is 4. The number of aliphatic carboxylic acids is 5. The van der Waals surface area contributed by atoms with Crippen molar-refractivity contribution in [2.75, 3.05) is 19.8 Å². The van der Waals surface area contributed by atoms with E-state index < -0.39 is 249 Å². The standard InChI is InChI=1S/C16H28N2O9.2C15H26O9.2C14H23NO7.CH4/c1-4-7(2)14(23)17-6-10(21)12(22)13-11(18-8(3)19)9(20)5-16(26,27-13)15(24)25;2*1-3-7(2)9(17)4-8-10(18)5-15(23,14(21)22)24-13(8)12(20)11(19)6-16;2*1-4-7(2)9(17)5-11-12(15-8(3)16)10(18)6-14(21,22-11)13(19)20;/h7,9-13,20-22,26H,4-6H2,1-3H3,(H,17,23)(H,18,19)(H,24,25);2*7-8,10-13,16,18-20,23H,3-6H2,1-2H3,(H,21,22);2*7,10-12,18,21H,4-6H2,1-3H3,(H,15,16)(H,19,20);1H4. The molecule has 0 aromatic rings. The van der Waals surface area contributed by atoms with Crippen LogP contribution in [0.4, 0.5) is 0 Å². The predicted octanol–water partition coefficient (Wildman–Crippen LogP) is -6.74. The van der Waals surface area contributed by atoms with Crippen LogP contribution in [0.2, 0.25) is 0 Å². The van der Waals surface area contributed by atoms with Crippen LogP contribution in [0.15, 0.2) is 0 Å². The summed E-state index contributed by atoms with van der Waals surface area (Å²) in [5.74, 6) is -28.2. The molecule has 0 bridgehead atoms. The summed E-state index contributed by atoms with van der Waals surface area (Å²) in [6.45, 7) is 19.1. The fourth-order valence-corrected chi connectivity index (χ4v) is 12.9. The Morgan fingerprint density at radius 2 is 0.583 bits per heavy atom. The molecule has 5 fully saturated rings. The summed E-state index contributed by atoms with van der Waals surface area (Å²) < 4.78 is 25.4. The molecule has 5 aliphatic heterocycles. The number of nitrogens with one attached hydrogen (secondary N) is 4. The number of amides is 4. The van der Waals surface area contributed by atoms with Crippen molar-refractivity contribution in [2.24, 2.45) is 41.4 Å². The smallest absolute Gasteiger partial charge is 0.364 e. The Balaban J connectivity index is 0.00000147. The van der Waals surface area contributed by atoms with E-state index in [0.29, 0.717) is 32.1 Å². The number of aliphatic hydroxyl groups excluding tert-OH is 13. The lowest BCUT2D eigenvalue weighted by atomic mass is 9.79. The lowest BCUT2D eigenvalue weighted by molar-refractivity contribution is -0.304. The van der Waals surface area contributed by atoms with Gasteiger partial charge in [-0.2, -0.15) is 0 Å². The molecule has 5 rings (SSSR count). The topological polar surface area (TPSA) is 781 Å². The third-order valence-corrected chi connectivity index (χ3v) is 21.6. The van der Waals surface area contributed by atoms with Crippen molar-refractivity contribution < 1.29 is 203 Å². The first kappa shape index (κ1) is 113. The second-order valence-electron chi connectivity index (χ2n) is 30.9. The lowest BCUT2D eigenvalue weighted by Gasteiger charge is -2.44. The van der Waals surface area contributed by atoms with Crippen LogP contribution in [0.5, 0.6) is 0 Å². The van der Waals surface area contributed by atoms with E-state index in [1.54, 1.807) is 55.4 Å². The van der Waals surface area contributed by atoms with Crippen molar-refractivity contribution >= 4 is 76.6 Å². The summed E-state index contributed by atoms with van der Waals surface area (Å²) in [7, 11) is 0. The number of carboxylic acids is 5. The lowest BCUT2D eigenvalue weighted by Crippen LogP contribution is -2.67. The minimum atomic E-state index is -2.81. The van der Waals surface area contributed by atoms with Crippen molar-refractivity contribution in [3.63, 3.8) is 0 Å². The summed E-state index contributed by atoms with van der Waals surface area (Å²) >= 11 is 0. The third-order valence-electron chi connectivity index (χ3n) is 21.6. The Bertz CT molecular complexity index is 3190. The van der Waals surface area contributed by atoms with Gasteiger partial charge in [0, 0.05) is 127 Å². The first-order chi connectivity index (χ1) is 54.8. The van der Waals surface area contributed by atoms with Gasteiger partial charge in [0.2, 0.25) is 23.6 Å². The molecule has 0 spiro atoms. The Labute approximate surface area is 692 Å². The maximum Gasteiger partial charge on any atom is 0.364 e. The van der Waals surface area contributed by atoms with E-state index in [9.17, 15) is 144 Å². The van der Waals surface area contributed by atoms with Crippen LogP contribution in [-0.4, -0.2) is 359 Å². The van der Waals surface area contributed by atoms with E-state index in [1.807, 2.05) is 13.8 Å². The molecule has 45 nitrogen and oxygen atoms in total. The fraction of sp³-hybridized carbons (Fsp3) is 0.827. The Hall–Kier alpha value is -7.01.